The van der Waals surface area contributed by atoms with Gasteiger partial charge in [-0.05, 0) is 34.2 Å². The Labute approximate surface area is 89.3 Å². The molecule has 0 spiro atoms. The van der Waals surface area contributed by atoms with E-state index in [1.165, 1.54) is 5.56 Å². The predicted octanol–water partition coefficient (Wildman–Crippen LogP) is 1.92. The van der Waals surface area contributed by atoms with Crippen molar-refractivity contribution in [1.29, 1.82) is 0 Å². The summed E-state index contributed by atoms with van der Waals surface area (Å²) < 4.78 is 1.74. The molecular weight excluding hydrogens is 220 g/mol. The molecule has 1 aliphatic heterocycles. The Hall–Kier alpha value is -1.07. The molecule has 2 heterocycles. The maximum Gasteiger partial charge on any atom is 0.214 e. The van der Waals surface area contributed by atoms with Crippen LogP contribution in [0.4, 0.5) is 0 Å². The number of hydrogen-bond acceptors (Lipinski definition) is 4. The molecular formula is C8H5ClN4S. The first-order chi connectivity index (χ1) is 6.84. The Morgan fingerprint density at radius 3 is 3.29 bits per heavy atom. The van der Waals surface area contributed by atoms with E-state index < -0.39 is 0 Å². The van der Waals surface area contributed by atoms with Crippen LogP contribution in [0.15, 0.2) is 23.4 Å². The van der Waals surface area contributed by atoms with Gasteiger partial charge in [0.2, 0.25) is 5.16 Å². The summed E-state index contributed by atoms with van der Waals surface area (Å²) >= 11 is 7.52. The fourth-order valence-electron chi connectivity index (χ4n) is 1.44. The second kappa shape index (κ2) is 2.96. The van der Waals surface area contributed by atoms with Crippen molar-refractivity contribution in [3.05, 3.63) is 28.8 Å². The number of halogens is 1. The summed E-state index contributed by atoms with van der Waals surface area (Å²) in [7, 11) is 0. The fourth-order valence-corrected chi connectivity index (χ4v) is 2.50. The number of hydrogen-bond donors (Lipinski definition) is 0. The van der Waals surface area contributed by atoms with Gasteiger partial charge in [0.25, 0.3) is 0 Å². The van der Waals surface area contributed by atoms with Gasteiger partial charge in [0.05, 0.1) is 5.69 Å². The largest absolute Gasteiger partial charge is 0.214 e. The van der Waals surface area contributed by atoms with Crippen molar-refractivity contribution in [3.8, 4) is 5.69 Å². The van der Waals surface area contributed by atoms with Crippen LogP contribution in [-0.4, -0.2) is 20.2 Å². The van der Waals surface area contributed by atoms with Gasteiger partial charge in [-0.15, -0.1) is 5.10 Å². The van der Waals surface area contributed by atoms with Crippen LogP contribution in [0.5, 0.6) is 0 Å². The molecule has 0 aliphatic carbocycles. The van der Waals surface area contributed by atoms with Crippen molar-refractivity contribution in [2.24, 2.45) is 0 Å². The molecule has 1 aromatic heterocycles. The predicted molar refractivity (Wildman–Crippen MR) is 53.7 cm³/mol. The molecule has 0 bridgehead atoms. The van der Waals surface area contributed by atoms with Crippen LogP contribution in [0.3, 0.4) is 0 Å². The van der Waals surface area contributed by atoms with Crippen molar-refractivity contribution in [3.63, 3.8) is 0 Å². The summed E-state index contributed by atoms with van der Waals surface area (Å²) in [6, 6.07) is 5.74. The monoisotopic (exact) mass is 224 g/mol. The van der Waals surface area contributed by atoms with E-state index in [0.29, 0.717) is 0 Å². The first kappa shape index (κ1) is 8.26. The minimum Gasteiger partial charge on any atom is -0.187 e. The topological polar surface area (TPSA) is 43.6 Å². The number of benzene rings is 1. The number of fused-ring (bicyclic) bond motifs is 3. The second-order valence-electron chi connectivity index (χ2n) is 2.93. The standard InChI is InChI=1S/C8H5ClN4S/c9-6-1-2-7-5(3-6)4-14-8-10-11-12-13(7)8/h1-3H,4H2. The van der Waals surface area contributed by atoms with E-state index >= 15 is 0 Å². The molecule has 0 saturated carbocycles. The van der Waals surface area contributed by atoms with Crippen molar-refractivity contribution in [1.82, 2.24) is 20.2 Å². The van der Waals surface area contributed by atoms with Gasteiger partial charge >= 0.3 is 0 Å². The average Bonchev–Trinajstić information content (AvgIpc) is 2.65. The van der Waals surface area contributed by atoms with Crippen molar-refractivity contribution >= 4 is 23.4 Å². The summed E-state index contributed by atoms with van der Waals surface area (Å²) in [5.74, 6) is 0.871. The number of tetrazole rings is 1. The molecule has 0 N–H and O–H groups in total. The maximum atomic E-state index is 5.91. The fraction of sp³-hybridized carbons (Fsp3) is 0.125. The first-order valence-electron chi connectivity index (χ1n) is 4.04. The van der Waals surface area contributed by atoms with Crippen LogP contribution in [0.1, 0.15) is 5.56 Å². The summed E-state index contributed by atoms with van der Waals surface area (Å²) in [6.45, 7) is 0. The smallest absolute Gasteiger partial charge is 0.187 e. The SMILES string of the molecule is Clc1ccc2c(c1)CSc1nnnn1-2. The van der Waals surface area contributed by atoms with Gasteiger partial charge in [0.1, 0.15) is 0 Å². The van der Waals surface area contributed by atoms with E-state index in [0.717, 1.165) is 21.6 Å². The zero-order chi connectivity index (χ0) is 9.54. The quantitative estimate of drug-likeness (QED) is 0.686. The second-order valence-corrected chi connectivity index (χ2v) is 4.31. The first-order valence-corrected chi connectivity index (χ1v) is 5.41. The highest BCUT2D eigenvalue weighted by Gasteiger charge is 2.18. The minimum atomic E-state index is 0.751. The lowest BCUT2D eigenvalue weighted by Gasteiger charge is -2.14. The maximum absolute atomic E-state index is 5.91. The van der Waals surface area contributed by atoms with Gasteiger partial charge in [0.15, 0.2) is 0 Å². The van der Waals surface area contributed by atoms with E-state index in [1.54, 1.807) is 16.4 Å². The third-order valence-corrected chi connectivity index (χ3v) is 3.27. The molecule has 0 fully saturated rings. The molecule has 70 valence electrons. The summed E-state index contributed by atoms with van der Waals surface area (Å²) in [5, 5.41) is 13.0. The number of aromatic nitrogens is 4. The average molecular weight is 225 g/mol. The van der Waals surface area contributed by atoms with Crippen LogP contribution in [0.2, 0.25) is 5.02 Å². The normalized spacial score (nSPS) is 13.5. The zero-order valence-electron chi connectivity index (χ0n) is 7.01. The lowest BCUT2D eigenvalue weighted by Crippen LogP contribution is -2.07. The summed E-state index contributed by atoms with van der Waals surface area (Å²) in [5.41, 5.74) is 2.19. The Morgan fingerprint density at radius 1 is 1.43 bits per heavy atom. The van der Waals surface area contributed by atoms with E-state index in [1.807, 2.05) is 18.2 Å². The molecule has 0 amide bonds. The number of rotatable bonds is 0. The number of thioether (sulfide) groups is 1. The van der Waals surface area contributed by atoms with Crippen LogP contribution >= 0.6 is 23.4 Å². The molecule has 0 saturated heterocycles. The molecule has 0 unspecified atom stereocenters. The summed E-state index contributed by atoms with van der Waals surface area (Å²) in [6.07, 6.45) is 0. The van der Waals surface area contributed by atoms with Gasteiger partial charge in [-0.25, -0.2) is 0 Å². The van der Waals surface area contributed by atoms with E-state index in [9.17, 15) is 0 Å². The van der Waals surface area contributed by atoms with Crippen LogP contribution in [0.25, 0.3) is 5.69 Å². The molecule has 1 aliphatic rings. The third kappa shape index (κ3) is 1.13. The lowest BCUT2D eigenvalue weighted by atomic mass is 10.2. The van der Waals surface area contributed by atoms with E-state index in [2.05, 4.69) is 15.5 Å². The Kier molecular flexibility index (Phi) is 1.75. The minimum absolute atomic E-state index is 0.751. The Bertz CT molecular complexity index is 496. The van der Waals surface area contributed by atoms with Crippen LogP contribution < -0.4 is 0 Å². The van der Waals surface area contributed by atoms with E-state index in [-0.39, 0.29) is 0 Å². The summed E-state index contributed by atoms with van der Waals surface area (Å²) in [4.78, 5) is 0. The highest BCUT2D eigenvalue weighted by molar-refractivity contribution is 7.98. The van der Waals surface area contributed by atoms with Gasteiger partial charge in [0, 0.05) is 10.8 Å². The van der Waals surface area contributed by atoms with Crippen molar-refractivity contribution in [2.45, 2.75) is 10.9 Å². The van der Waals surface area contributed by atoms with Gasteiger partial charge < -0.3 is 0 Å². The Morgan fingerprint density at radius 2 is 2.36 bits per heavy atom. The number of nitrogens with zero attached hydrogens (tertiary/aromatic N) is 4. The Balaban J connectivity index is 2.26. The molecule has 14 heavy (non-hydrogen) atoms. The van der Waals surface area contributed by atoms with E-state index in [4.69, 9.17) is 11.6 Å². The molecule has 6 heteroatoms. The van der Waals surface area contributed by atoms with Crippen LogP contribution in [-0.2, 0) is 5.75 Å². The van der Waals surface area contributed by atoms with Crippen molar-refractivity contribution < 1.29 is 0 Å². The molecule has 3 rings (SSSR count). The lowest BCUT2D eigenvalue weighted by molar-refractivity contribution is 0.744. The highest BCUT2D eigenvalue weighted by atomic mass is 35.5. The van der Waals surface area contributed by atoms with Crippen molar-refractivity contribution in [2.75, 3.05) is 0 Å². The van der Waals surface area contributed by atoms with Gasteiger partial charge in [-0.2, -0.15) is 4.68 Å². The zero-order valence-corrected chi connectivity index (χ0v) is 8.59. The van der Waals surface area contributed by atoms with Gasteiger partial charge in [-0.1, -0.05) is 23.4 Å². The molecule has 0 atom stereocenters. The van der Waals surface area contributed by atoms with Crippen LogP contribution in [0, 0.1) is 0 Å². The molecule has 4 nitrogen and oxygen atoms in total. The highest BCUT2D eigenvalue weighted by Crippen LogP contribution is 2.32. The molecule has 1 aromatic carbocycles. The van der Waals surface area contributed by atoms with Gasteiger partial charge in [-0.3, -0.25) is 0 Å². The molecule has 2 aromatic rings. The third-order valence-electron chi connectivity index (χ3n) is 2.07. The molecule has 0 radical (unpaired) electrons.